The number of amides is 1. The quantitative estimate of drug-likeness (QED) is 0.447. The summed E-state index contributed by atoms with van der Waals surface area (Å²) in [5.74, 6) is 0.0147. The van der Waals surface area contributed by atoms with E-state index in [1.807, 2.05) is 11.4 Å². The van der Waals surface area contributed by atoms with Crippen LogP contribution in [0.15, 0.2) is 69.8 Å². The summed E-state index contributed by atoms with van der Waals surface area (Å²) < 4.78 is 26.4. The van der Waals surface area contributed by atoms with Crippen molar-refractivity contribution in [1.82, 2.24) is 10.2 Å². The van der Waals surface area contributed by atoms with Gasteiger partial charge in [0.15, 0.2) is 5.78 Å². The summed E-state index contributed by atoms with van der Waals surface area (Å²) in [6.45, 7) is 4.67. The first-order valence-electron chi connectivity index (χ1n) is 11.4. The molecule has 3 aromatic rings. The van der Waals surface area contributed by atoms with E-state index in [0.717, 1.165) is 25.9 Å². The molecule has 1 amide bonds. The first kappa shape index (κ1) is 23.0. The monoisotopic (exact) mass is 494 g/mol. The minimum atomic E-state index is -3.89. The van der Waals surface area contributed by atoms with Gasteiger partial charge >= 0.3 is 0 Å². The highest BCUT2D eigenvalue weighted by atomic mass is 32.2. The summed E-state index contributed by atoms with van der Waals surface area (Å²) in [4.78, 5) is 29.4. The van der Waals surface area contributed by atoms with Crippen LogP contribution in [0.3, 0.4) is 0 Å². The lowest BCUT2D eigenvalue weighted by Gasteiger charge is -2.36. The van der Waals surface area contributed by atoms with Crippen molar-refractivity contribution < 1.29 is 18.0 Å². The number of rotatable bonds is 5. The van der Waals surface area contributed by atoms with E-state index < -0.39 is 9.84 Å². The molecule has 2 aliphatic rings. The summed E-state index contributed by atoms with van der Waals surface area (Å²) in [6, 6.07) is 14.7. The Balaban J connectivity index is 1.38. The lowest BCUT2D eigenvalue weighted by molar-refractivity contribution is 0.0913. The van der Waals surface area contributed by atoms with Gasteiger partial charge in [0, 0.05) is 28.1 Å². The molecule has 1 fully saturated rings. The molecule has 3 heterocycles. The highest BCUT2D eigenvalue weighted by molar-refractivity contribution is 7.91. The van der Waals surface area contributed by atoms with E-state index in [0.29, 0.717) is 12.5 Å². The molecule has 0 saturated carbocycles. The van der Waals surface area contributed by atoms with Gasteiger partial charge in [-0.2, -0.15) is 0 Å². The van der Waals surface area contributed by atoms with Gasteiger partial charge in [-0.05, 0) is 73.6 Å². The average molecular weight is 495 g/mol. The van der Waals surface area contributed by atoms with Crippen molar-refractivity contribution in [3.05, 3.63) is 81.5 Å². The van der Waals surface area contributed by atoms with Crippen LogP contribution in [0.5, 0.6) is 0 Å². The van der Waals surface area contributed by atoms with Crippen LogP contribution in [0.25, 0.3) is 0 Å². The zero-order chi connectivity index (χ0) is 23.9. The fourth-order valence-corrected chi connectivity index (χ4v) is 7.29. The van der Waals surface area contributed by atoms with E-state index in [4.69, 9.17) is 0 Å². The van der Waals surface area contributed by atoms with Gasteiger partial charge in [0.1, 0.15) is 0 Å². The molecular formula is C26H26N2O4S2. The molecule has 0 aliphatic carbocycles. The second-order valence-corrected chi connectivity index (χ2v) is 11.9. The summed E-state index contributed by atoms with van der Waals surface area (Å²) in [5, 5.41) is 5.05. The smallest absolute Gasteiger partial charge is 0.251 e. The Bertz CT molecular complexity index is 1340. The van der Waals surface area contributed by atoms with E-state index in [9.17, 15) is 18.0 Å². The molecule has 1 atom stereocenters. The molecule has 0 radical (unpaired) electrons. The van der Waals surface area contributed by atoms with Gasteiger partial charge in [-0.3, -0.25) is 14.5 Å². The van der Waals surface area contributed by atoms with Gasteiger partial charge in [-0.1, -0.05) is 25.1 Å². The second-order valence-electron chi connectivity index (χ2n) is 9.00. The normalized spacial score (nSPS) is 18.7. The molecule has 1 N–H and O–H groups in total. The number of benzene rings is 2. The van der Waals surface area contributed by atoms with Gasteiger partial charge in [0.2, 0.25) is 9.84 Å². The Hall–Kier alpha value is -2.81. The highest BCUT2D eigenvalue weighted by Gasteiger charge is 2.35. The van der Waals surface area contributed by atoms with Crippen molar-refractivity contribution in [2.24, 2.45) is 5.92 Å². The fourth-order valence-electron chi connectivity index (χ4n) is 4.75. The molecule has 8 heteroatoms. The number of hydrogen-bond acceptors (Lipinski definition) is 6. The Morgan fingerprint density at radius 1 is 1.06 bits per heavy atom. The van der Waals surface area contributed by atoms with Gasteiger partial charge < -0.3 is 5.32 Å². The topological polar surface area (TPSA) is 83.6 Å². The summed E-state index contributed by atoms with van der Waals surface area (Å²) in [5.41, 5.74) is 0.502. The molecule has 6 nitrogen and oxygen atoms in total. The Kier molecular flexibility index (Phi) is 6.14. The molecule has 176 valence electrons. The van der Waals surface area contributed by atoms with Gasteiger partial charge in [0.05, 0.1) is 15.8 Å². The van der Waals surface area contributed by atoms with Crippen LogP contribution in [0.1, 0.15) is 57.0 Å². The predicted octanol–water partition coefficient (Wildman–Crippen LogP) is 4.33. The first-order chi connectivity index (χ1) is 16.4. The van der Waals surface area contributed by atoms with Gasteiger partial charge in [-0.15, -0.1) is 11.3 Å². The minimum absolute atomic E-state index is 0.0119. The Morgan fingerprint density at radius 3 is 2.53 bits per heavy atom. The maximum absolute atomic E-state index is 13.2. The number of sulfone groups is 1. The van der Waals surface area contributed by atoms with Crippen LogP contribution in [-0.4, -0.2) is 44.6 Å². The van der Waals surface area contributed by atoms with E-state index in [-0.39, 0.29) is 44.2 Å². The van der Waals surface area contributed by atoms with Crippen LogP contribution >= 0.6 is 11.3 Å². The maximum atomic E-state index is 13.2. The first-order valence-corrected chi connectivity index (χ1v) is 13.8. The fraction of sp³-hybridized carbons (Fsp3) is 0.308. The van der Waals surface area contributed by atoms with Crippen molar-refractivity contribution >= 4 is 32.9 Å². The number of carbonyl (C=O) groups is 2. The average Bonchev–Trinajstić information content (AvgIpc) is 3.38. The number of likely N-dealkylation sites (tertiary alicyclic amines) is 1. The molecule has 0 bridgehead atoms. The number of fused-ring (bicyclic) bond motifs is 2. The van der Waals surface area contributed by atoms with Crippen molar-refractivity contribution in [2.45, 2.75) is 35.6 Å². The Morgan fingerprint density at radius 2 is 1.79 bits per heavy atom. The molecule has 34 heavy (non-hydrogen) atoms. The Labute approximate surface area is 203 Å². The lowest BCUT2D eigenvalue weighted by Crippen LogP contribution is -2.41. The highest BCUT2D eigenvalue weighted by Crippen LogP contribution is 2.35. The van der Waals surface area contributed by atoms with E-state index in [1.54, 1.807) is 23.5 Å². The van der Waals surface area contributed by atoms with Crippen LogP contribution < -0.4 is 5.32 Å². The lowest BCUT2D eigenvalue weighted by atomic mass is 9.97. The van der Waals surface area contributed by atoms with Crippen molar-refractivity contribution in [3.8, 4) is 0 Å². The van der Waals surface area contributed by atoms with Crippen LogP contribution in [-0.2, 0) is 9.84 Å². The number of hydrogen-bond donors (Lipinski definition) is 1. The van der Waals surface area contributed by atoms with Crippen molar-refractivity contribution in [2.75, 3.05) is 19.6 Å². The van der Waals surface area contributed by atoms with E-state index in [1.165, 1.54) is 35.2 Å². The largest absolute Gasteiger partial charge is 0.350 e. The molecular weight excluding hydrogens is 468 g/mol. The van der Waals surface area contributed by atoms with Crippen molar-refractivity contribution in [1.29, 1.82) is 0 Å². The van der Waals surface area contributed by atoms with Crippen molar-refractivity contribution in [3.63, 3.8) is 0 Å². The summed E-state index contributed by atoms with van der Waals surface area (Å²) in [7, 11) is -3.89. The minimum Gasteiger partial charge on any atom is -0.350 e. The second kappa shape index (κ2) is 9.09. The number of nitrogens with one attached hydrogen (secondary N) is 1. The SMILES string of the molecule is CC1CCN([C@H](CNC(=O)c2ccc3c(c2)S(=O)(=O)c2ccccc2C3=O)c2cccs2)CC1. The molecule has 1 saturated heterocycles. The number of ketones is 1. The third-order valence-corrected chi connectivity index (χ3v) is 9.61. The molecule has 5 rings (SSSR count). The van der Waals surface area contributed by atoms with Gasteiger partial charge in [0.25, 0.3) is 5.91 Å². The zero-order valence-electron chi connectivity index (χ0n) is 18.9. The zero-order valence-corrected chi connectivity index (χ0v) is 20.5. The molecule has 1 aromatic heterocycles. The predicted molar refractivity (Wildman–Crippen MR) is 131 cm³/mol. The number of carbonyl (C=O) groups excluding carboxylic acids is 2. The number of thiophene rings is 1. The van der Waals surface area contributed by atoms with Gasteiger partial charge in [-0.25, -0.2) is 8.42 Å². The molecule has 0 unspecified atom stereocenters. The molecule has 2 aromatic carbocycles. The molecule has 2 aliphatic heterocycles. The third kappa shape index (κ3) is 4.10. The standard InChI is InChI=1S/C26H26N2O4S2/c1-17-10-12-28(13-11-17)21(22-6-4-14-33-22)16-27-26(30)18-8-9-20-24(15-18)34(31,32)23-7-3-2-5-19(23)25(20)29/h2-9,14-15,17,21H,10-13,16H2,1H3,(H,27,30)/t21-/m1/s1. The van der Waals surface area contributed by atoms with Crippen LogP contribution in [0, 0.1) is 5.92 Å². The van der Waals surface area contributed by atoms with E-state index >= 15 is 0 Å². The summed E-state index contributed by atoms with van der Waals surface area (Å²) >= 11 is 1.68. The van der Waals surface area contributed by atoms with E-state index in [2.05, 4.69) is 23.2 Å². The summed E-state index contributed by atoms with van der Waals surface area (Å²) in [6.07, 6.45) is 2.27. The van der Waals surface area contributed by atoms with Crippen LogP contribution in [0.2, 0.25) is 0 Å². The number of piperidine rings is 1. The molecule has 0 spiro atoms. The van der Waals surface area contributed by atoms with Crippen LogP contribution in [0.4, 0.5) is 0 Å². The third-order valence-electron chi connectivity index (χ3n) is 6.79. The maximum Gasteiger partial charge on any atom is 0.251 e. The number of nitrogens with zero attached hydrogens (tertiary/aromatic N) is 1.